The van der Waals surface area contributed by atoms with Crippen LogP contribution in [-0.2, 0) is 0 Å². The van der Waals surface area contributed by atoms with Crippen LogP contribution in [0.3, 0.4) is 0 Å². The number of hydrogen-bond donors (Lipinski definition) is 2. The smallest absolute Gasteiger partial charge is 0.307 e. The molecule has 2 heterocycles. The molecule has 3 aromatic rings. The quantitative estimate of drug-likeness (QED) is 0.572. The lowest BCUT2D eigenvalue weighted by atomic mass is 10.2. The van der Waals surface area contributed by atoms with Gasteiger partial charge in [-0.3, -0.25) is 15.6 Å². The number of amides is 1. The number of halogens is 1. The molecule has 0 saturated heterocycles. The first-order valence-electron chi connectivity index (χ1n) is 6.84. The first-order chi connectivity index (χ1) is 11.1. The molecule has 0 fully saturated rings. The van der Waals surface area contributed by atoms with Crippen LogP contribution in [0.1, 0.15) is 16.2 Å². The SMILES string of the molecule is Cc1nc(-c2ccccc2)oc1C(=O)NNc1ccc(F)nc1. The summed E-state index contributed by atoms with van der Waals surface area (Å²) in [5.74, 6) is -0.606. The van der Waals surface area contributed by atoms with Gasteiger partial charge >= 0.3 is 5.91 Å². The second-order valence-corrected chi connectivity index (χ2v) is 4.75. The highest BCUT2D eigenvalue weighted by Crippen LogP contribution is 2.21. The third-order valence-corrected chi connectivity index (χ3v) is 3.07. The Balaban J connectivity index is 1.72. The molecule has 116 valence electrons. The Hall–Kier alpha value is -3.22. The minimum atomic E-state index is -0.597. The van der Waals surface area contributed by atoms with Gasteiger partial charge < -0.3 is 4.42 Å². The Bertz CT molecular complexity index is 816. The van der Waals surface area contributed by atoms with Crippen molar-refractivity contribution in [3.8, 4) is 11.5 Å². The molecule has 7 heteroatoms. The van der Waals surface area contributed by atoms with E-state index in [1.54, 1.807) is 6.92 Å². The first kappa shape index (κ1) is 14.7. The van der Waals surface area contributed by atoms with E-state index in [1.807, 2.05) is 30.3 Å². The van der Waals surface area contributed by atoms with Crippen LogP contribution >= 0.6 is 0 Å². The highest BCUT2D eigenvalue weighted by molar-refractivity contribution is 5.93. The summed E-state index contributed by atoms with van der Waals surface area (Å²) < 4.78 is 18.2. The second-order valence-electron chi connectivity index (χ2n) is 4.75. The summed E-state index contributed by atoms with van der Waals surface area (Å²) in [6.07, 6.45) is 1.26. The zero-order chi connectivity index (χ0) is 16.2. The lowest BCUT2D eigenvalue weighted by molar-refractivity contribution is 0.0935. The normalized spacial score (nSPS) is 10.3. The molecule has 2 N–H and O–H groups in total. The van der Waals surface area contributed by atoms with E-state index in [1.165, 1.54) is 18.3 Å². The van der Waals surface area contributed by atoms with Crippen LogP contribution in [0.5, 0.6) is 0 Å². The van der Waals surface area contributed by atoms with Crippen molar-refractivity contribution in [3.05, 3.63) is 66.1 Å². The zero-order valence-electron chi connectivity index (χ0n) is 12.2. The Morgan fingerprint density at radius 3 is 2.65 bits per heavy atom. The van der Waals surface area contributed by atoms with Crippen molar-refractivity contribution in [1.29, 1.82) is 0 Å². The molecule has 0 aliphatic carbocycles. The number of carbonyl (C=O) groups is 1. The van der Waals surface area contributed by atoms with E-state index >= 15 is 0 Å². The molecule has 0 saturated carbocycles. The predicted octanol–water partition coefficient (Wildman–Crippen LogP) is 2.94. The second kappa shape index (κ2) is 6.27. The summed E-state index contributed by atoms with van der Waals surface area (Å²) >= 11 is 0. The van der Waals surface area contributed by atoms with Crippen LogP contribution in [-0.4, -0.2) is 15.9 Å². The van der Waals surface area contributed by atoms with Crippen LogP contribution in [0.4, 0.5) is 10.1 Å². The molecule has 2 aromatic heterocycles. The monoisotopic (exact) mass is 312 g/mol. The highest BCUT2D eigenvalue weighted by Gasteiger charge is 2.18. The minimum Gasteiger partial charge on any atom is -0.431 e. The number of pyridine rings is 1. The van der Waals surface area contributed by atoms with E-state index in [-0.39, 0.29) is 5.76 Å². The summed E-state index contributed by atoms with van der Waals surface area (Å²) in [5.41, 5.74) is 6.79. The summed E-state index contributed by atoms with van der Waals surface area (Å²) in [5, 5.41) is 0. The van der Waals surface area contributed by atoms with Crippen molar-refractivity contribution < 1.29 is 13.6 Å². The molecule has 0 aliphatic rings. The fraction of sp³-hybridized carbons (Fsp3) is 0.0625. The highest BCUT2D eigenvalue weighted by atomic mass is 19.1. The number of carbonyl (C=O) groups excluding carboxylic acids is 1. The van der Waals surface area contributed by atoms with Crippen LogP contribution < -0.4 is 10.9 Å². The largest absolute Gasteiger partial charge is 0.431 e. The van der Waals surface area contributed by atoms with Gasteiger partial charge in [-0.2, -0.15) is 4.39 Å². The molecule has 1 aromatic carbocycles. The van der Waals surface area contributed by atoms with Gasteiger partial charge in [0.15, 0.2) is 0 Å². The van der Waals surface area contributed by atoms with Gasteiger partial charge in [-0.15, -0.1) is 0 Å². The Kier molecular flexibility index (Phi) is 4.01. The van der Waals surface area contributed by atoms with Gasteiger partial charge in [0.05, 0.1) is 17.6 Å². The van der Waals surface area contributed by atoms with E-state index in [9.17, 15) is 9.18 Å². The number of nitrogens with one attached hydrogen (secondary N) is 2. The van der Waals surface area contributed by atoms with Crippen molar-refractivity contribution >= 4 is 11.6 Å². The van der Waals surface area contributed by atoms with Crippen molar-refractivity contribution in [2.75, 3.05) is 5.43 Å². The van der Waals surface area contributed by atoms with Gasteiger partial charge in [0.25, 0.3) is 0 Å². The fourth-order valence-electron chi connectivity index (χ4n) is 1.95. The molecule has 0 bridgehead atoms. The average Bonchev–Trinajstić information content (AvgIpc) is 2.97. The molecule has 0 spiro atoms. The number of aryl methyl sites for hydroxylation is 1. The molecule has 0 aliphatic heterocycles. The van der Waals surface area contributed by atoms with Gasteiger partial charge in [-0.25, -0.2) is 9.97 Å². The van der Waals surface area contributed by atoms with E-state index < -0.39 is 11.9 Å². The fourth-order valence-corrected chi connectivity index (χ4v) is 1.95. The van der Waals surface area contributed by atoms with Crippen molar-refractivity contribution in [2.24, 2.45) is 0 Å². The number of hydrogen-bond acceptors (Lipinski definition) is 5. The van der Waals surface area contributed by atoms with Crippen molar-refractivity contribution in [2.45, 2.75) is 6.92 Å². The summed E-state index contributed by atoms with van der Waals surface area (Å²) in [6, 6.07) is 11.9. The van der Waals surface area contributed by atoms with E-state index in [2.05, 4.69) is 20.8 Å². The molecular formula is C16H13FN4O2. The molecule has 0 unspecified atom stereocenters. The van der Waals surface area contributed by atoms with Gasteiger partial charge in [0.2, 0.25) is 17.6 Å². The maximum Gasteiger partial charge on any atom is 0.307 e. The van der Waals surface area contributed by atoms with Crippen LogP contribution in [0.15, 0.2) is 53.1 Å². The van der Waals surface area contributed by atoms with E-state index in [0.29, 0.717) is 17.3 Å². The van der Waals surface area contributed by atoms with Gasteiger partial charge in [0.1, 0.15) is 0 Å². The number of rotatable bonds is 4. The first-order valence-corrected chi connectivity index (χ1v) is 6.84. The number of nitrogens with zero attached hydrogens (tertiary/aromatic N) is 2. The van der Waals surface area contributed by atoms with Crippen LogP contribution in [0.25, 0.3) is 11.5 Å². The predicted molar refractivity (Wildman–Crippen MR) is 82.0 cm³/mol. The van der Waals surface area contributed by atoms with Gasteiger partial charge in [-0.05, 0) is 31.2 Å². The molecule has 0 radical (unpaired) electrons. The van der Waals surface area contributed by atoms with Crippen LogP contribution in [0.2, 0.25) is 0 Å². The maximum atomic E-state index is 12.7. The Morgan fingerprint density at radius 1 is 1.17 bits per heavy atom. The zero-order valence-corrected chi connectivity index (χ0v) is 12.2. The molecule has 6 nitrogen and oxygen atoms in total. The van der Waals surface area contributed by atoms with E-state index in [0.717, 1.165) is 5.56 Å². The molecular weight excluding hydrogens is 299 g/mol. The molecule has 0 atom stereocenters. The number of benzene rings is 1. The number of hydrazine groups is 1. The lowest BCUT2D eigenvalue weighted by Crippen LogP contribution is -2.29. The Morgan fingerprint density at radius 2 is 1.96 bits per heavy atom. The van der Waals surface area contributed by atoms with Crippen molar-refractivity contribution in [1.82, 2.24) is 15.4 Å². The topological polar surface area (TPSA) is 80.0 Å². The summed E-state index contributed by atoms with van der Waals surface area (Å²) in [6.45, 7) is 1.68. The maximum absolute atomic E-state index is 12.7. The lowest BCUT2D eigenvalue weighted by Gasteiger charge is -2.06. The summed E-state index contributed by atoms with van der Waals surface area (Å²) in [7, 11) is 0. The van der Waals surface area contributed by atoms with Gasteiger partial charge in [-0.1, -0.05) is 18.2 Å². The van der Waals surface area contributed by atoms with E-state index in [4.69, 9.17) is 4.42 Å². The molecule has 3 rings (SSSR count). The number of anilines is 1. The molecule has 1 amide bonds. The third-order valence-electron chi connectivity index (χ3n) is 3.07. The van der Waals surface area contributed by atoms with Crippen molar-refractivity contribution in [3.63, 3.8) is 0 Å². The van der Waals surface area contributed by atoms with Crippen LogP contribution in [0, 0.1) is 12.9 Å². The standard InChI is InChI=1S/C16H13FN4O2/c1-10-14(23-16(19-10)11-5-3-2-4-6-11)15(22)21-20-12-7-8-13(17)18-9-12/h2-9,20H,1H3,(H,21,22). The Labute approximate surface area is 131 Å². The van der Waals surface area contributed by atoms with Gasteiger partial charge in [0, 0.05) is 5.56 Å². The number of aromatic nitrogens is 2. The average molecular weight is 312 g/mol. The number of oxazole rings is 1. The molecule has 23 heavy (non-hydrogen) atoms. The summed E-state index contributed by atoms with van der Waals surface area (Å²) in [4.78, 5) is 19.9. The minimum absolute atomic E-state index is 0.103. The third kappa shape index (κ3) is 3.34.